The Morgan fingerprint density at radius 3 is 2.25 bits per heavy atom. The van der Waals surface area contributed by atoms with Crippen LogP contribution < -0.4 is 5.32 Å². The Kier molecular flexibility index (Phi) is 2.17. The average Bonchev–Trinajstić information content (AvgIpc) is 2.81. The van der Waals surface area contributed by atoms with E-state index in [-0.39, 0.29) is 24.2 Å². The van der Waals surface area contributed by atoms with Gasteiger partial charge in [-0.2, -0.15) is 0 Å². The molecule has 2 saturated heterocycles. The predicted molar refractivity (Wildman–Crippen MR) is 53.7 cm³/mol. The third kappa shape index (κ3) is 1.50. The minimum atomic E-state index is -0.900. The summed E-state index contributed by atoms with van der Waals surface area (Å²) in [6, 6.07) is 0.279. The van der Waals surface area contributed by atoms with Crippen molar-refractivity contribution in [2.75, 3.05) is 0 Å². The number of hydrogen-bond donors (Lipinski definition) is 2. The number of carbonyl (C=O) groups excluding carboxylic acids is 1. The molecule has 3 rings (SSSR count). The van der Waals surface area contributed by atoms with Gasteiger partial charge in [-0.1, -0.05) is 0 Å². The maximum absolute atomic E-state index is 11.9. The quantitative estimate of drug-likeness (QED) is 0.716. The Morgan fingerprint density at radius 2 is 1.69 bits per heavy atom. The summed E-state index contributed by atoms with van der Waals surface area (Å²) in [7, 11) is 0. The fourth-order valence-electron chi connectivity index (χ4n) is 2.85. The van der Waals surface area contributed by atoms with E-state index in [1.165, 1.54) is 0 Å². The summed E-state index contributed by atoms with van der Waals surface area (Å²) in [5.41, 5.74) is 0. The van der Waals surface area contributed by atoms with E-state index in [0.29, 0.717) is 0 Å². The number of hydrogen-bond acceptors (Lipinski definition) is 3. The minimum absolute atomic E-state index is 0.123. The number of rotatable bonds is 3. The van der Waals surface area contributed by atoms with Crippen LogP contribution in [0, 0.1) is 11.8 Å². The van der Waals surface area contributed by atoms with Crippen molar-refractivity contribution in [2.24, 2.45) is 11.8 Å². The first-order valence-corrected chi connectivity index (χ1v) is 5.85. The second-order valence-electron chi connectivity index (χ2n) is 4.96. The maximum atomic E-state index is 11.9. The summed E-state index contributed by atoms with van der Waals surface area (Å²) in [5.74, 6) is -2.14. The van der Waals surface area contributed by atoms with Crippen molar-refractivity contribution >= 4 is 11.9 Å². The summed E-state index contributed by atoms with van der Waals surface area (Å²) in [4.78, 5) is 23.1. The topological polar surface area (TPSA) is 75.6 Å². The molecule has 88 valence electrons. The number of carboxylic acids is 1. The number of amides is 1. The molecule has 0 aromatic rings. The van der Waals surface area contributed by atoms with Crippen LogP contribution in [-0.4, -0.2) is 35.2 Å². The Labute approximate surface area is 93.2 Å². The monoisotopic (exact) mass is 225 g/mol. The Bertz CT molecular complexity index is 339. The lowest BCUT2D eigenvalue weighted by Gasteiger charge is -2.23. The molecule has 4 atom stereocenters. The van der Waals surface area contributed by atoms with Gasteiger partial charge in [-0.3, -0.25) is 9.59 Å². The van der Waals surface area contributed by atoms with E-state index in [9.17, 15) is 9.59 Å². The molecule has 3 aliphatic rings. The van der Waals surface area contributed by atoms with E-state index in [4.69, 9.17) is 9.84 Å². The van der Waals surface area contributed by atoms with Gasteiger partial charge in [0.1, 0.15) is 0 Å². The fraction of sp³-hybridized carbons (Fsp3) is 0.818. The van der Waals surface area contributed by atoms with Gasteiger partial charge in [-0.15, -0.1) is 0 Å². The zero-order valence-corrected chi connectivity index (χ0v) is 8.89. The van der Waals surface area contributed by atoms with Gasteiger partial charge in [-0.05, 0) is 25.7 Å². The van der Waals surface area contributed by atoms with Crippen molar-refractivity contribution in [3.63, 3.8) is 0 Å². The van der Waals surface area contributed by atoms with E-state index in [1.807, 2.05) is 0 Å². The predicted octanol–water partition coefficient (Wildman–Crippen LogP) is 0.143. The Hall–Kier alpha value is -1.10. The molecule has 3 fully saturated rings. The first-order valence-electron chi connectivity index (χ1n) is 5.85. The Balaban J connectivity index is 1.75. The summed E-state index contributed by atoms with van der Waals surface area (Å²) >= 11 is 0. The molecular formula is C11H15NO4. The SMILES string of the molecule is O=C(O)[C@H]1[C@H](C(=O)NC2CC2)[C@H]2CC[C@H]1O2. The highest BCUT2D eigenvalue weighted by Crippen LogP contribution is 2.43. The van der Waals surface area contributed by atoms with Gasteiger partial charge < -0.3 is 15.2 Å². The van der Waals surface area contributed by atoms with Crippen molar-refractivity contribution in [3.8, 4) is 0 Å². The van der Waals surface area contributed by atoms with Crippen molar-refractivity contribution in [1.29, 1.82) is 0 Å². The molecule has 2 heterocycles. The van der Waals surface area contributed by atoms with E-state index < -0.39 is 17.8 Å². The first-order chi connectivity index (χ1) is 7.66. The molecular weight excluding hydrogens is 210 g/mol. The second-order valence-corrected chi connectivity index (χ2v) is 4.96. The van der Waals surface area contributed by atoms with Crippen molar-refractivity contribution in [2.45, 2.75) is 43.9 Å². The summed E-state index contributed by atoms with van der Waals surface area (Å²) < 4.78 is 5.54. The van der Waals surface area contributed by atoms with Gasteiger partial charge >= 0.3 is 5.97 Å². The molecule has 5 nitrogen and oxygen atoms in total. The highest BCUT2D eigenvalue weighted by Gasteiger charge is 2.55. The number of carbonyl (C=O) groups is 2. The van der Waals surface area contributed by atoms with E-state index in [0.717, 1.165) is 25.7 Å². The van der Waals surface area contributed by atoms with Gasteiger partial charge in [0, 0.05) is 6.04 Å². The minimum Gasteiger partial charge on any atom is -0.481 e. The smallest absolute Gasteiger partial charge is 0.310 e. The van der Waals surface area contributed by atoms with Crippen LogP contribution in [0.4, 0.5) is 0 Å². The highest BCUT2D eigenvalue weighted by molar-refractivity contribution is 5.86. The molecule has 2 aliphatic heterocycles. The molecule has 0 unspecified atom stereocenters. The van der Waals surface area contributed by atoms with Crippen LogP contribution in [0.2, 0.25) is 0 Å². The lowest BCUT2D eigenvalue weighted by atomic mass is 9.78. The maximum Gasteiger partial charge on any atom is 0.310 e. The third-order valence-electron chi connectivity index (χ3n) is 3.78. The molecule has 2 bridgehead atoms. The number of nitrogens with one attached hydrogen (secondary N) is 1. The zero-order chi connectivity index (χ0) is 11.3. The molecule has 0 radical (unpaired) electrons. The van der Waals surface area contributed by atoms with E-state index in [2.05, 4.69) is 5.32 Å². The molecule has 16 heavy (non-hydrogen) atoms. The van der Waals surface area contributed by atoms with Crippen LogP contribution >= 0.6 is 0 Å². The largest absolute Gasteiger partial charge is 0.481 e. The lowest BCUT2D eigenvalue weighted by Crippen LogP contribution is -2.44. The standard InChI is InChI=1S/C11H15NO4/c13-10(12-5-1-2-5)8-6-3-4-7(16-6)9(8)11(14)15/h5-9H,1-4H2,(H,12,13)(H,14,15)/t6-,7-,8-,9-/m1/s1. The highest BCUT2D eigenvalue weighted by atomic mass is 16.5. The molecule has 1 amide bonds. The van der Waals surface area contributed by atoms with E-state index in [1.54, 1.807) is 0 Å². The van der Waals surface area contributed by atoms with Crippen molar-refractivity contribution in [1.82, 2.24) is 5.32 Å². The van der Waals surface area contributed by atoms with Gasteiger partial charge in [0.05, 0.1) is 24.0 Å². The summed E-state index contributed by atoms with van der Waals surface area (Å²) in [6.07, 6.45) is 3.20. The van der Waals surface area contributed by atoms with Crippen LogP contribution in [0.25, 0.3) is 0 Å². The van der Waals surface area contributed by atoms with Crippen LogP contribution in [0.15, 0.2) is 0 Å². The number of ether oxygens (including phenoxy) is 1. The molecule has 1 aliphatic carbocycles. The van der Waals surface area contributed by atoms with Crippen LogP contribution in [-0.2, 0) is 14.3 Å². The van der Waals surface area contributed by atoms with Crippen molar-refractivity contribution in [3.05, 3.63) is 0 Å². The molecule has 0 aromatic carbocycles. The fourth-order valence-corrected chi connectivity index (χ4v) is 2.85. The van der Waals surface area contributed by atoms with Crippen LogP contribution in [0.3, 0.4) is 0 Å². The van der Waals surface area contributed by atoms with Gasteiger partial charge in [0.15, 0.2) is 0 Å². The molecule has 0 spiro atoms. The third-order valence-corrected chi connectivity index (χ3v) is 3.78. The molecule has 5 heteroatoms. The van der Waals surface area contributed by atoms with Gasteiger partial charge in [0.2, 0.25) is 5.91 Å². The van der Waals surface area contributed by atoms with Crippen molar-refractivity contribution < 1.29 is 19.4 Å². The Morgan fingerprint density at radius 1 is 1.06 bits per heavy atom. The lowest BCUT2D eigenvalue weighted by molar-refractivity contribution is -0.147. The van der Waals surface area contributed by atoms with Crippen LogP contribution in [0.5, 0.6) is 0 Å². The van der Waals surface area contributed by atoms with E-state index >= 15 is 0 Å². The number of fused-ring (bicyclic) bond motifs is 2. The number of carboxylic acid groups (broad SMARTS) is 1. The normalized spacial score (nSPS) is 41.0. The first kappa shape index (κ1) is 10.1. The van der Waals surface area contributed by atoms with Crippen LogP contribution in [0.1, 0.15) is 25.7 Å². The number of aliphatic carboxylic acids is 1. The molecule has 1 saturated carbocycles. The molecule has 2 N–H and O–H groups in total. The summed E-state index contributed by atoms with van der Waals surface area (Å²) in [5, 5.41) is 12.0. The van der Waals surface area contributed by atoms with Gasteiger partial charge in [0.25, 0.3) is 0 Å². The molecule has 0 aromatic heterocycles. The second kappa shape index (κ2) is 3.45. The van der Waals surface area contributed by atoms with Gasteiger partial charge in [-0.25, -0.2) is 0 Å². The average molecular weight is 225 g/mol. The summed E-state index contributed by atoms with van der Waals surface area (Å²) in [6.45, 7) is 0. The zero-order valence-electron chi connectivity index (χ0n) is 8.89.